The lowest BCUT2D eigenvalue weighted by Gasteiger charge is -2.11. The quantitative estimate of drug-likeness (QED) is 0.238. The number of benzene rings is 2. The van der Waals surface area contributed by atoms with Gasteiger partial charge in [-0.2, -0.15) is 31.4 Å². The molecule has 3 aromatic rings. The van der Waals surface area contributed by atoms with E-state index in [-0.39, 0.29) is 22.6 Å². The van der Waals surface area contributed by atoms with Gasteiger partial charge in [0.15, 0.2) is 11.3 Å². The van der Waals surface area contributed by atoms with Crippen LogP contribution in [0.2, 0.25) is 0 Å². The van der Waals surface area contributed by atoms with Gasteiger partial charge in [0.2, 0.25) is 0 Å². The van der Waals surface area contributed by atoms with Gasteiger partial charge in [0.25, 0.3) is 0 Å². The molecule has 0 N–H and O–H groups in total. The van der Waals surface area contributed by atoms with Gasteiger partial charge >= 0.3 is 12.4 Å². The van der Waals surface area contributed by atoms with Crippen molar-refractivity contribution in [1.29, 1.82) is 0 Å². The van der Waals surface area contributed by atoms with Crippen LogP contribution < -0.4 is 0 Å². The molecule has 156 valence electrons. The summed E-state index contributed by atoms with van der Waals surface area (Å²) in [7, 11) is 0. The summed E-state index contributed by atoms with van der Waals surface area (Å²) in [4.78, 5) is 4.00. The Labute approximate surface area is 172 Å². The molecule has 0 atom stereocenters. The van der Waals surface area contributed by atoms with Crippen molar-refractivity contribution >= 4 is 5.65 Å². The van der Waals surface area contributed by atoms with E-state index >= 15 is 0 Å². The molecule has 2 aromatic heterocycles. The van der Waals surface area contributed by atoms with Crippen molar-refractivity contribution in [2.24, 2.45) is 0 Å². The molecule has 1 aromatic carbocycles. The van der Waals surface area contributed by atoms with Gasteiger partial charge in [-0.25, -0.2) is 9.50 Å². The van der Waals surface area contributed by atoms with E-state index in [1.807, 2.05) is 0 Å². The van der Waals surface area contributed by atoms with E-state index in [0.29, 0.717) is 10.6 Å². The molecule has 0 radical (unpaired) electrons. The van der Waals surface area contributed by atoms with Crippen LogP contribution in [-0.2, 0) is 12.4 Å². The fourth-order valence-electron chi connectivity index (χ4n) is 2.90. The molecule has 0 unspecified atom stereocenters. The second-order valence-electron chi connectivity index (χ2n) is 6.62. The lowest BCUT2D eigenvalue weighted by atomic mass is 10.1. The Morgan fingerprint density at radius 2 is 1.42 bits per heavy atom. The predicted molar refractivity (Wildman–Crippen MR) is 102 cm³/mol. The molecule has 2 aliphatic carbocycles. The zero-order valence-corrected chi connectivity index (χ0v) is 15.5. The van der Waals surface area contributed by atoms with Crippen molar-refractivity contribution in [3.8, 4) is 34.7 Å². The summed E-state index contributed by atoms with van der Waals surface area (Å²) in [6, 6.07) is 14.0. The first-order chi connectivity index (χ1) is 14.6. The van der Waals surface area contributed by atoms with E-state index < -0.39 is 23.6 Å². The van der Waals surface area contributed by atoms with Gasteiger partial charge in [-0.1, -0.05) is 30.3 Å². The monoisotopic (exact) mass is 431 g/mol. The Kier molecular flexibility index (Phi) is 4.73. The fourth-order valence-corrected chi connectivity index (χ4v) is 2.90. The first kappa shape index (κ1) is 20.5. The molecule has 0 bridgehead atoms. The lowest BCUT2D eigenvalue weighted by Crippen LogP contribution is -2.13. The second kappa shape index (κ2) is 7.16. The van der Waals surface area contributed by atoms with Crippen molar-refractivity contribution in [3.05, 3.63) is 77.6 Å². The van der Waals surface area contributed by atoms with Crippen molar-refractivity contribution in [2.45, 2.75) is 12.4 Å². The normalized spacial score (nSPS) is 12.2. The zero-order chi connectivity index (χ0) is 22.4. The van der Waals surface area contributed by atoms with Crippen molar-refractivity contribution in [2.75, 3.05) is 0 Å². The Morgan fingerprint density at radius 1 is 0.774 bits per heavy atom. The lowest BCUT2D eigenvalue weighted by molar-refractivity contribution is -0.142. The van der Waals surface area contributed by atoms with E-state index in [9.17, 15) is 26.3 Å². The molecule has 0 saturated heterocycles. The van der Waals surface area contributed by atoms with Crippen LogP contribution in [-0.4, -0.2) is 14.6 Å². The van der Waals surface area contributed by atoms with Crippen LogP contribution in [0.15, 0.2) is 60.7 Å². The minimum absolute atomic E-state index is 0.0393. The van der Waals surface area contributed by atoms with E-state index in [1.54, 1.807) is 0 Å². The number of nitrogens with zero attached hydrogens (tertiary/aromatic N) is 3. The number of hydrogen-bond acceptors (Lipinski definition) is 2. The van der Waals surface area contributed by atoms with Crippen LogP contribution in [0.3, 0.4) is 0 Å². The summed E-state index contributed by atoms with van der Waals surface area (Å²) >= 11 is 0. The SMILES string of the molecule is C#Cc1cc2nc(-c3ccc(C(F)(F)F)cc3)cc(C(F)(F)F)n2n1.c1cc2cc-2c1. The van der Waals surface area contributed by atoms with Gasteiger partial charge in [-0.15, -0.1) is 6.42 Å². The first-order valence-corrected chi connectivity index (χ1v) is 8.79. The van der Waals surface area contributed by atoms with E-state index in [2.05, 4.69) is 40.3 Å². The number of hydrogen-bond donors (Lipinski definition) is 0. The number of terminal acetylenes is 1. The van der Waals surface area contributed by atoms with E-state index in [1.165, 1.54) is 17.2 Å². The minimum atomic E-state index is -4.75. The zero-order valence-electron chi connectivity index (χ0n) is 15.5. The summed E-state index contributed by atoms with van der Waals surface area (Å²) in [6.45, 7) is 0. The predicted octanol–water partition coefficient (Wildman–Crippen LogP) is 6.08. The maximum atomic E-state index is 13.3. The molecule has 9 heteroatoms. The highest BCUT2D eigenvalue weighted by Gasteiger charge is 2.35. The molecule has 0 fully saturated rings. The van der Waals surface area contributed by atoms with E-state index in [0.717, 1.165) is 24.3 Å². The van der Waals surface area contributed by atoms with Crippen molar-refractivity contribution in [3.63, 3.8) is 0 Å². The number of fused-ring (bicyclic) bond motifs is 2. The van der Waals surface area contributed by atoms with Gasteiger partial charge in [-0.05, 0) is 41.3 Å². The van der Waals surface area contributed by atoms with Crippen LogP contribution in [0.5, 0.6) is 0 Å². The Hall–Kier alpha value is -3.80. The number of alkyl halides is 6. The van der Waals surface area contributed by atoms with Crippen LogP contribution in [0.25, 0.3) is 28.0 Å². The molecule has 2 aliphatic rings. The first-order valence-electron chi connectivity index (χ1n) is 8.79. The molecule has 0 aliphatic heterocycles. The molecule has 5 rings (SSSR count). The largest absolute Gasteiger partial charge is 0.433 e. The summed E-state index contributed by atoms with van der Waals surface area (Å²) < 4.78 is 78.1. The average molecular weight is 431 g/mol. The highest BCUT2D eigenvalue weighted by Crippen LogP contribution is 2.34. The van der Waals surface area contributed by atoms with Crippen LogP contribution in [0, 0.1) is 12.3 Å². The Morgan fingerprint density at radius 3 is 1.87 bits per heavy atom. The van der Waals surface area contributed by atoms with Crippen molar-refractivity contribution in [1.82, 2.24) is 14.6 Å². The highest BCUT2D eigenvalue weighted by molar-refractivity contribution is 5.80. The van der Waals surface area contributed by atoms with Gasteiger partial charge in [0, 0.05) is 11.6 Å². The maximum absolute atomic E-state index is 13.3. The Bertz CT molecular complexity index is 1290. The fraction of sp³-hybridized carbons (Fsp3) is 0.0909. The van der Waals surface area contributed by atoms with Crippen LogP contribution in [0.1, 0.15) is 17.0 Å². The molecule has 0 saturated carbocycles. The molecule has 0 spiro atoms. The summed E-state index contributed by atoms with van der Waals surface area (Å²) in [5.74, 6) is 2.11. The molecule has 2 heterocycles. The number of rotatable bonds is 1. The summed E-state index contributed by atoms with van der Waals surface area (Å²) in [5.41, 5.74) is 0.577. The Balaban J connectivity index is 0.000000325. The average Bonchev–Trinajstić information content (AvgIpc) is 3.12. The third-order valence-corrected chi connectivity index (χ3v) is 4.49. The molecule has 0 amide bonds. The standard InChI is InChI=1S/C16H7F6N3.C6H4/c1-2-11-7-14-23-12(8-13(16(20,21)22)25(14)24-11)9-3-5-10(6-4-9)15(17,18)19;1-2-5-4-6(5)3-1/h1,3-8H;1-4H. The highest BCUT2D eigenvalue weighted by atomic mass is 19.4. The van der Waals surface area contributed by atoms with Crippen LogP contribution in [0.4, 0.5) is 26.3 Å². The topological polar surface area (TPSA) is 30.2 Å². The van der Waals surface area contributed by atoms with Gasteiger partial charge < -0.3 is 0 Å². The second-order valence-corrected chi connectivity index (χ2v) is 6.62. The number of halogens is 6. The third-order valence-electron chi connectivity index (χ3n) is 4.49. The summed E-state index contributed by atoms with van der Waals surface area (Å²) in [6.07, 6.45) is -4.15. The van der Waals surface area contributed by atoms with Gasteiger partial charge in [-0.3, -0.25) is 0 Å². The van der Waals surface area contributed by atoms with Crippen molar-refractivity contribution < 1.29 is 26.3 Å². The molecular formula is C22H11F6N3. The molecule has 31 heavy (non-hydrogen) atoms. The number of aromatic nitrogens is 3. The maximum Gasteiger partial charge on any atom is 0.433 e. The third kappa shape index (κ3) is 4.23. The van der Waals surface area contributed by atoms with Crippen LogP contribution >= 0.6 is 0 Å². The molecule has 3 nitrogen and oxygen atoms in total. The van der Waals surface area contributed by atoms with Gasteiger partial charge in [0.05, 0.1) is 11.3 Å². The van der Waals surface area contributed by atoms with Gasteiger partial charge in [0.1, 0.15) is 5.69 Å². The van der Waals surface area contributed by atoms with E-state index in [4.69, 9.17) is 6.42 Å². The summed E-state index contributed by atoms with van der Waals surface area (Å²) in [5, 5.41) is 3.63. The smallest absolute Gasteiger partial charge is 0.228 e. The molecular weight excluding hydrogens is 420 g/mol. The minimum Gasteiger partial charge on any atom is -0.228 e.